The molecule has 6 heteroatoms. The molecule has 0 bridgehead atoms. The van der Waals surface area contributed by atoms with Crippen LogP contribution in [0.1, 0.15) is 15.9 Å². The number of pyridine rings is 1. The number of rotatable bonds is 4. The van der Waals surface area contributed by atoms with Gasteiger partial charge in [-0.3, -0.25) is 4.79 Å². The van der Waals surface area contributed by atoms with Gasteiger partial charge in [-0.1, -0.05) is 23.4 Å². The van der Waals surface area contributed by atoms with Crippen molar-refractivity contribution >= 4 is 22.3 Å². The number of hydrogen-bond donors (Lipinski definition) is 1. The van der Waals surface area contributed by atoms with Crippen LogP contribution in [0.25, 0.3) is 10.8 Å². The van der Waals surface area contributed by atoms with Gasteiger partial charge in [-0.25, -0.2) is 4.98 Å². The van der Waals surface area contributed by atoms with E-state index in [1.165, 1.54) is 12.3 Å². The Morgan fingerprint density at radius 1 is 1.08 bits per heavy atom. The Labute approximate surface area is 137 Å². The molecule has 0 saturated heterocycles. The number of hydrogen-bond acceptors (Lipinski definition) is 5. The van der Waals surface area contributed by atoms with Gasteiger partial charge in [-0.15, -0.1) is 0 Å². The molecule has 5 nitrogen and oxygen atoms in total. The number of ketones is 1. The molecule has 0 atom stereocenters. The van der Waals surface area contributed by atoms with Crippen LogP contribution in [0.2, 0.25) is 0 Å². The standard InChI is InChI=1S/C18H13FN2O3/c1-24-15-5-4-11-8-14(3-2-12(11)9-15)18(22)17(21-23)13-6-7-20-16(19)10-13/h2-10,23H,1H3. The molecule has 0 fully saturated rings. The molecule has 1 heterocycles. The highest BCUT2D eigenvalue weighted by atomic mass is 19.1. The summed E-state index contributed by atoms with van der Waals surface area (Å²) in [5.74, 6) is -0.556. The van der Waals surface area contributed by atoms with Crippen LogP contribution in [0.15, 0.2) is 59.9 Å². The number of Topliss-reactive ketones (excluding diaryl/α,β-unsaturated/α-hetero) is 1. The first-order valence-corrected chi connectivity index (χ1v) is 7.09. The highest BCUT2D eigenvalue weighted by Gasteiger charge is 2.18. The molecule has 24 heavy (non-hydrogen) atoms. The largest absolute Gasteiger partial charge is 0.497 e. The number of aromatic nitrogens is 1. The van der Waals surface area contributed by atoms with Crippen LogP contribution < -0.4 is 4.74 Å². The van der Waals surface area contributed by atoms with Gasteiger partial charge < -0.3 is 9.94 Å². The van der Waals surface area contributed by atoms with Crippen molar-refractivity contribution < 1.29 is 19.1 Å². The fourth-order valence-corrected chi connectivity index (χ4v) is 2.41. The van der Waals surface area contributed by atoms with E-state index in [-0.39, 0.29) is 11.3 Å². The van der Waals surface area contributed by atoms with Gasteiger partial charge in [0.1, 0.15) is 5.75 Å². The SMILES string of the molecule is COc1ccc2cc(C(=O)C(=NO)c3ccnc(F)c3)ccc2c1. The molecule has 0 radical (unpaired) electrons. The summed E-state index contributed by atoms with van der Waals surface area (Å²) in [6, 6.07) is 13.0. The monoisotopic (exact) mass is 324 g/mol. The lowest BCUT2D eigenvalue weighted by Crippen LogP contribution is -2.16. The summed E-state index contributed by atoms with van der Waals surface area (Å²) in [7, 11) is 1.58. The summed E-state index contributed by atoms with van der Waals surface area (Å²) in [4.78, 5) is 16.0. The third-order valence-corrected chi connectivity index (χ3v) is 3.62. The quantitative estimate of drug-likeness (QED) is 0.262. The van der Waals surface area contributed by atoms with Crippen LogP contribution in [0.4, 0.5) is 4.39 Å². The minimum atomic E-state index is -0.757. The number of benzene rings is 2. The fraction of sp³-hybridized carbons (Fsp3) is 0.0556. The van der Waals surface area contributed by atoms with E-state index in [1.54, 1.807) is 31.4 Å². The Morgan fingerprint density at radius 2 is 1.83 bits per heavy atom. The van der Waals surface area contributed by atoms with Crippen molar-refractivity contribution in [3.05, 3.63) is 71.8 Å². The molecule has 0 saturated carbocycles. The Kier molecular flexibility index (Phi) is 4.20. The lowest BCUT2D eigenvalue weighted by Gasteiger charge is -2.07. The van der Waals surface area contributed by atoms with Crippen molar-refractivity contribution in [3.8, 4) is 5.75 Å². The first-order chi connectivity index (χ1) is 11.6. The number of methoxy groups -OCH3 is 1. The van der Waals surface area contributed by atoms with Crippen molar-refractivity contribution in [2.45, 2.75) is 0 Å². The second-order valence-corrected chi connectivity index (χ2v) is 5.07. The van der Waals surface area contributed by atoms with Crippen molar-refractivity contribution in [3.63, 3.8) is 0 Å². The van der Waals surface area contributed by atoms with Crippen molar-refractivity contribution in [2.24, 2.45) is 5.16 Å². The number of fused-ring (bicyclic) bond motifs is 1. The smallest absolute Gasteiger partial charge is 0.215 e. The maximum Gasteiger partial charge on any atom is 0.215 e. The molecule has 1 aromatic heterocycles. The van der Waals surface area contributed by atoms with Gasteiger partial charge in [0.25, 0.3) is 0 Å². The van der Waals surface area contributed by atoms with E-state index in [2.05, 4.69) is 10.1 Å². The first-order valence-electron chi connectivity index (χ1n) is 7.09. The lowest BCUT2D eigenvalue weighted by molar-refractivity contribution is 0.106. The van der Waals surface area contributed by atoms with Crippen molar-refractivity contribution in [2.75, 3.05) is 7.11 Å². The van der Waals surface area contributed by atoms with Gasteiger partial charge in [0.15, 0.2) is 5.71 Å². The Hall–Kier alpha value is -3.28. The zero-order valence-corrected chi connectivity index (χ0v) is 12.7. The third-order valence-electron chi connectivity index (χ3n) is 3.62. The highest BCUT2D eigenvalue weighted by Crippen LogP contribution is 2.22. The molecule has 2 aromatic carbocycles. The molecule has 3 rings (SSSR count). The number of halogens is 1. The summed E-state index contributed by atoms with van der Waals surface area (Å²) in [5, 5.41) is 14.0. The van der Waals surface area contributed by atoms with Gasteiger partial charge in [-0.05, 0) is 35.0 Å². The van der Waals surface area contributed by atoms with E-state index in [1.807, 2.05) is 12.1 Å². The third kappa shape index (κ3) is 2.94. The summed E-state index contributed by atoms with van der Waals surface area (Å²) in [6.07, 6.45) is 1.20. The summed E-state index contributed by atoms with van der Waals surface area (Å²) >= 11 is 0. The molecule has 0 amide bonds. The number of nitrogens with zero attached hydrogens (tertiary/aromatic N) is 2. The minimum Gasteiger partial charge on any atom is -0.497 e. The predicted octanol–water partition coefficient (Wildman–Crippen LogP) is 3.44. The molecule has 120 valence electrons. The van der Waals surface area contributed by atoms with E-state index in [0.29, 0.717) is 11.3 Å². The van der Waals surface area contributed by atoms with Crippen molar-refractivity contribution in [1.29, 1.82) is 0 Å². The van der Waals surface area contributed by atoms with E-state index >= 15 is 0 Å². The lowest BCUT2D eigenvalue weighted by atomic mass is 9.99. The topological polar surface area (TPSA) is 71.8 Å². The van der Waals surface area contributed by atoms with Crippen LogP contribution >= 0.6 is 0 Å². The number of carbonyl (C=O) groups is 1. The second-order valence-electron chi connectivity index (χ2n) is 5.07. The zero-order valence-electron chi connectivity index (χ0n) is 12.7. The summed E-state index contributed by atoms with van der Waals surface area (Å²) in [6.45, 7) is 0. The fourth-order valence-electron chi connectivity index (χ4n) is 2.41. The van der Waals surface area contributed by atoms with E-state index < -0.39 is 11.7 Å². The normalized spacial score (nSPS) is 11.5. The average Bonchev–Trinajstić information content (AvgIpc) is 2.61. The molecule has 0 aliphatic carbocycles. The number of oxime groups is 1. The van der Waals surface area contributed by atoms with Gasteiger partial charge in [0.05, 0.1) is 7.11 Å². The predicted molar refractivity (Wildman–Crippen MR) is 87.3 cm³/mol. The molecule has 0 aliphatic heterocycles. The van der Waals surface area contributed by atoms with Crippen LogP contribution in [-0.4, -0.2) is 28.8 Å². The van der Waals surface area contributed by atoms with Crippen LogP contribution in [0.3, 0.4) is 0 Å². The number of carbonyl (C=O) groups excluding carboxylic acids is 1. The molecular weight excluding hydrogens is 311 g/mol. The number of ether oxygens (including phenoxy) is 1. The van der Waals surface area contributed by atoms with Gasteiger partial charge in [0.2, 0.25) is 11.7 Å². The summed E-state index contributed by atoms with van der Waals surface area (Å²) in [5.41, 5.74) is 0.242. The van der Waals surface area contributed by atoms with Gasteiger partial charge >= 0.3 is 0 Å². The molecular formula is C18H13FN2O3. The second kappa shape index (κ2) is 6.45. The van der Waals surface area contributed by atoms with Crippen molar-refractivity contribution in [1.82, 2.24) is 4.98 Å². The molecule has 0 unspecified atom stereocenters. The maximum atomic E-state index is 13.2. The molecule has 0 aliphatic rings. The maximum absolute atomic E-state index is 13.2. The molecule has 0 spiro atoms. The Bertz CT molecular complexity index is 954. The van der Waals surface area contributed by atoms with E-state index in [9.17, 15) is 14.4 Å². The Balaban J connectivity index is 2.01. The van der Waals surface area contributed by atoms with Gasteiger partial charge in [0, 0.05) is 23.4 Å². The molecule has 1 N–H and O–H groups in total. The minimum absolute atomic E-state index is 0.157. The van der Waals surface area contributed by atoms with Gasteiger partial charge in [-0.2, -0.15) is 4.39 Å². The van der Waals surface area contributed by atoms with Crippen LogP contribution in [0, 0.1) is 5.95 Å². The highest BCUT2D eigenvalue weighted by molar-refractivity contribution is 6.51. The Morgan fingerprint density at radius 3 is 2.54 bits per heavy atom. The van der Waals surface area contributed by atoms with E-state index in [0.717, 1.165) is 16.8 Å². The van der Waals surface area contributed by atoms with E-state index in [4.69, 9.17) is 4.74 Å². The average molecular weight is 324 g/mol. The molecule has 3 aromatic rings. The zero-order chi connectivity index (χ0) is 17.1. The van der Waals surface area contributed by atoms with Crippen LogP contribution in [-0.2, 0) is 0 Å². The van der Waals surface area contributed by atoms with Crippen LogP contribution in [0.5, 0.6) is 5.75 Å². The summed E-state index contributed by atoms with van der Waals surface area (Å²) < 4.78 is 18.4. The first kappa shape index (κ1) is 15.6.